The van der Waals surface area contributed by atoms with Crippen LogP contribution in [0.1, 0.15) is 80.6 Å². The number of nitrogens with zero attached hydrogens (tertiary/aromatic N) is 2. The highest BCUT2D eigenvalue weighted by molar-refractivity contribution is 6.05. The van der Waals surface area contributed by atoms with Crippen LogP contribution in [0.2, 0.25) is 0 Å². The van der Waals surface area contributed by atoms with Crippen LogP contribution in [0, 0.1) is 0 Å². The molecule has 1 amide bonds. The number of aromatic nitrogens is 1. The van der Waals surface area contributed by atoms with E-state index in [0.29, 0.717) is 34.8 Å². The van der Waals surface area contributed by atoms with Gasteiger partial charge in [-0.2, -0.15) is 4.98 Å². The average Bonchev–Trinajstić information content (AvgIpc) is 3.31. The molecule has 0 unspecified atom stereocenters. The molecule has 4 rings (SSSR count). The fourth-order valence-electron chi connectivity index (χ4n) is 4.81. The van der Waals surface area contributed by atoms with Gasteiger partial charge in [-0.1, -0.05) is 45.2 Å². The number of rotatable bonds is 10. The van der Waals surface area contributed by atoms with Crippen LogP contribution in [0.4, 0.5) is 11.7 Å². The summed E-state index contributed by atoms with van der Waals surface area (Å²) in [6.45, 7) is 6.09. The van der Waals surface area contributed by atoms with E-state index in [1.165, 1.54) is 37.7 Å². The molecule has 6 nitrogen and oxygen atoms in total. The molecule has 1 aromatic heterocycles. The van der Waals surface area contributed by atoms with Crippen molar-refractivity contribution in [2.75, 3.05) is 30.4 Å². The van der Waals surface area contributed by atoms with Crippen LogP contribution >= 0.6 is 12.4 Å². The van der Waals surface area contributed by atoms with Crippen molar-refractivity contribution < 1.29 is 9.21 Å². The number of benzene rings is 2. The van der Waals surface area contributed by atoms with Gasteiger partial charge in [-0.05, 0) is 67.5 Å². The molecule has 7 heteroatoms. The number of halogens is 1. The van der Waals surface area contributed by atoms with E-state index < -0.39 is 0 Å². The predicted octanol–water partition coefficient (Wildman–Crippen LogP) is 6.76. The molecule has 2 N–H and O–H groups in total. The fourth-order valence-corrected chi connectivity index (χ4v) is 4.81. The summed E-state index contributed by atoms with van der Waals surface area (Å²) in [6.07, 6.45) is 8.74. The lowest BCUT2D eigenvalue weighted by molar-refractivity contribution is 0.102. The SMILES string of the molecule is CCC(CC)NCCN(C)c1nc2cc(NC(=O)c3ccc(C4CCCCC4)cc3)ccc2o1.Cl. The number of fused-ring (bicyclic) bond motifs is 1. The van der Waals surface area contributed by atoms with Crippen molar-refractivity contribution in [3.8, 4) is 0 Å². The second-order valence-corrected chi connectivity index (χ2v) is 9.48. The first-order valence-corrected chi connectivity index (χ1v) is 12.8. The van der Waals surface area contributed by atoms with Crippen molar-refractivity contribution >= 4 is 41.1 Å². The van der Waals surface area contributed by atoms with Crippen molar-refractivity contribution in [2.45, 2.75) is 70.8 Å². The normalized spacial score (nSPS) is 14.2. The molecule has 1 saturated carbocycles. The summed E-state index contributed by atoms with van der Waals surface area (Å²) in [5, 5.41) is 6.57. The molecule has 2 aromatic carbocycles. The Morgan fingerprint density at radius 3 is 2.49 bits per heavy atom. The van der Waals surface area contributed by atoms with E-state index >= 15 is 0 Å². The molecule has 1 heterocycles. The number of oxazole rings is 1. The minimum absolute atomic E-state index is 0. The number of hydrogen-bond acceptors (Lipinski definition) is 5. The summed E-state index contributed by atoms with van der Waals surface area (Å²) in [4.78, 5) is 19.5. The Bertz CT molecular complexity index is 1070. The molecule has 0 aliphatic heterocycles. The summed E-state index contributed by atoms with van der Waals surface area (Å²) in [7, 11) is 1.99. The number of carbonyl (C=O) groups excluding carboxylic acids is 1. The molecule has 0 saturated heterocycles. The van der Waals surface area contributed by atoms with E-state index in [1.807, 2.05) is 42.3 Å². The maximum atomic E-state index is 12.8. The largest absolute Gasteiger partial charge is 0.423 e. The van der Waals surface area contributed by atoms with Crippen molar-refractivity contribution in [3.63, 3.8) is 0 Å². The first-order chi connectivity index (χ1) is 16.6. The standard InChI is InChI=1S/C28H38N4O2.ClH/c1-4-23(5-2)29-17-18-32(3)28-31-25-19-24(15-16-26(25)34-28)30-27(33)22-13-11-21(12-14-22)20-9-7-6-8-10-20;/h11-16,19-20,23,29H,4-10,17-18H2,1-3H3,(H,30,33);1H. The topological polar surface area (TPSA) is 70.4 Å². The second-order valence-electron chi connectivity index (χ2n) is 9.48. The Hall–Kier alpha value is -2.57. The van der Waals surface area contributed by atoms with Gasteiger partial charge in [0.2, 0.25) is 0 Å². The third-order valence-electron chi connectivity index (χ3n) is 7.08. The molecule has 0 bridgehead atoms. The van der Waals surface area contributed by atoms with Crippen LogP contribution < -0.4 is 15.5 Å². The third-order valence-corrected chi connectivity index (χ3v) is 7.08. The monoisotopic (exact) mass is 498 g/mol. The smallest absolute Gasteiger partial charge is 0.298 e. The van der Waals surface area contributed by atoms with Gasteiger partial charge in [0.25, 0.3) is 11.9 Å². The Kier molecular flexibility index (Phi) is 9.99. The van der Waals surface area contributed by atoms with Gasteiger partial charge in [-0.3, -0.25) is 4.79 Å². The highest BCUT2D eigenvalue weighted by Gasteiger charge is 2.16. The molecule has 1 fully saturated rings. The molecule has 3 aromatic rings. The Labute approximate surface area is 215 Å². The number of amides is 1. The quantitative estimate of drug-likeness (QED) is 0.323. The van der Waals surface area contributed by atoms with Gasteiger partial charge in [0, 0.05) is 37.4 Å². The lowest BCUT2D eigenvalue weighted by Crippen LogP contribution is -2.35. The van der Waals surface area contributed by atoms with Crippen LogP contribution in [-0.4, -0.2) is 37.1 Å². The second kappa shape index (κ2) is 12.9. The zero-order chi connectivity index (χ0) is 23.9. The van der Waals surface area contributed by atoms with Gasteiger partial charge in [-0.15, -0.1) is 12.4 Å². The van der Waals surface area contributed by atoms with Gasteiger partial charge >= 0.3 is 0 Å². The zero-order valence-corrected chi connectivity index (χ0v) is 22.0. The number of carbonyl (C=O) groups is 1. The molecular weight excluding hydrogens is 460 g/mol. The van der Waals surface area contributed by atoms with Crippen molar-refractivity contribution in [3.05, 3.63) is 53.6 Å². The molecule has 0 spiro atoms. The van der Waals surface area contributed by atoms with Gasteiger partial charge < -0.3 is 20.0 Å². The maximum Gasteiger partial charge on any atom is 0.298 e. The number of hydrogen-bond donors (Lipinski definition) is 2. The van der Waals surface area contributed by atoms with Gasteiger partial charge in [-0.25, -0.2) is 0 Å². The van der Waals surface area contributed by atoms with E-state index in [-0.39, 0.29) is 18.3 Å². The van der Waals surface area contributed by atoms with Gasteiger partial charge in [0.05, 0.1) is 0 Å². The van der Waals surface area contributed by atoms with Crippen molar-refractivity contribution in [1.29, 1.82) is 0 Å². The Morgan fingerprint density at radius 1 is 1.09 bits per heavy atom. The van der Waals surface area contributed by atoms with Crippen LogP contribution in [0.5, 0.6) is 0 Å². The highest BCUT2D eigenvalue weighted by atomic mass is 35.5. The van der Waals surface area contributed by atoms with Crippen LogP contribution in [0.15, 0.2) is 46.9 Å². The molecule has 190 valence electrons. The van der Waals surface area contributed by atoms with Crippen molar-refractivity contribution in [1.82, 2.24) is 10.3 Å². The van der Waals surface area contributed by atoms with E-state index in [0.717, 1.165) is 31.4 Å². The molecule has 35 heavy (non-hydrogen) atoms. The van der Waals surface area contributed by atoms with Crippen LogP contribution in [-0.2, 0) is 0 Å². The fraction of sp³-hybridized carbons (Fsp3) is 0.500. The third kappa shape index (κ3) is 6.98. The molecule has 1 aliphatic carbocycles. The lowest BCUT2D eigenvalue weighted by Gasteiger charge is -2.22. The highest BCUT2D eigenvalue weighted by Crippen LogP contribution is 2.32. The first-order valence-electron chi connectivity index (χ1n) is 12.8. The average molecular weight is 499 g/mol. The zero-order valence-electron chi connectivity index (χ0n) is 21.2. The van der Waals surface area contributed by atoms with Crippen LogP contribution in [0.25, 0.3) is 11.1 Å². The van der Waals surface area contributed by atoms with E-state index in [4.69, 9.17) is 4.42 Å². The summed E-state index contributed by atoms with van der Waals surface area (Å²) >= 11 is 0. The summed E-state index contributed by atoms with van der Waals surface area (Å²) in [5.41, 5.74) is 4.19. The number of nitrogens with one attached hydrogen (secondary N) is 2. The summed E-state index contributed by atoms with van der Waals surface area (Å²) in [6, 6.07) is 14.8. The Balaban J connectivity index is 0.00000342. The number of likely N-dealkylation sites (N-methyl/N-ethyl adjacent to an activating group) is 1. The van der Waals surface area contributed by atoms with Crippen LogP contribution in [0.3, 0.4) is 0 Å². The molecule has 1 aliphatic rings. The minimum Gasteiger partial charge on any atom is -0.423 e. The number of anilines is 2. The van der Waals surface area contributed by atoms with Crippen molar-refractivity contribution in [2.24, 2.45) is 0 Å². The molecule has 0 radical (unpaired) electrons. The Morgan fingerprint density at radius 2 is 1.80 bits per heavy atom. The van der Waals surface area contributed by atoms with Gasteiger partial charge in [0.15, 0.2) is 5.58 Å². The summed E-state index contributed by atoms with van der Waals surface area (Å²) < 4.78 is 5.93. The van der Waals surface area contributed by atoms with E-state index in [1.54, 1.807) is 0 Å². The van der Waals surface area contributed by atoms with Gasteiger partial charge in [0.1, 0.15) is 5.52 Å². The predicted molar refractivity (Wildman–Crippen MR) is 147 cm³/mol. The minimum atomic E-state index is -0.108. The van der Waals surface area contributed by atoms with E-state index in [9.17, 15) is 4.79 Å². The molecular formula is C28H39ClN4O2. The maximum absolute atomic E-state index is 12.8. The first kappa shape index (κ1) is 27.0. The van der Waals surface area contributed by atoms with E-state index in [2.05, 4.69) is 41.6 Å². The molecule has 0 atom stereocenters. The summed E-state index contributed by atoms with van der Waals surface area (Å²) in [5.74, 6) is 0.533. The lowest BCUT2D eigenvalue weighted by atomic mass is 9.84.